The third kappa shape index (κ3) is 5.02. The van der Waals surface area contributed by atoms with Crippen LogP contribution in [0.3, 0.4) is 0 Å². The Morgan fingerprint density at radius 1 is 0.406 bits per heavy atom. The van der Waals surface area contributed by atoms with Crippen LogP contribution < -0.4 is 9.80 Å². The zero-order valence-corrected chi connectivity index (χ0v) is 35.8. The molecule has 0 amide bonds. The molecule has 1 atom stereocenters. The van der Waals surface area contributed by atoms with Crippen molar-refractivity contribution in [3.63, 3.8) is 0 Å². The van der Waals surface area contributed by atoms with Crippen molar-refractivity contribution in [3.8, 4) is 33.4 Å². The highest BCUT2D eigenvalue weighted by Crippen LogP contribution is 2.67. The van der Waals surface area contributed by atoms with Crippen LogP contribution in [0.1, 0.15) is 47.2 Å². The van der Waals surface area contributed by atoms with E-state index in [1.54, 1.807) is 0 Å². The molecular weight excluding hydrogens is 773 g/mol. The average molecular weight is 817 g/mol. The maximum atomic E-state index is 2.53. The summed E-state index contributed by atoms with van der Waals surface area (Å²) in [6.45, 7) is 4.75. The Hall–Kier alpha value is -7.94. The van der Waals surface area contributed by atoms with Gasteiger partial charge in [0.2, 0.25) is 0 Å². The summed E-state index contributed by atoms with van der Waals surface area (Å²) in [5.41, 5.74) is 21.7. The summed E-state index contributed by atoms with van der Waals surface area (Å²) in [6, 6.07) is 86.0. The second-order valence-electron chi connectivity index (χ2n) is 18.0. The Morgan fingerprint density at radius 2 is 0.969 bits per heavy atom. The Morgan fingerprint density at radius 3 is 1.75 bits per heavy atom. The quantitative estimate of drug-likeness (QED) is 0.165. The molecule has 0 fully saturated rings. The fourth-order valence-corrected chi connectivity index (χ4v) is 11.7. The van der Waals surface area contributed by atoms with Gasteiger partial charge in [-0.25, -0.2) is 0 Å². The van der Waals surface area contributed by atoms with Gasteiger partial charge in [-0.05, 0) is 110 Å². The van der Waals surface area contributed by atoms with Crippen LogP contribution in [-0.4, -0.2) is 0 Å². The van der Waals surface area contributed by atoms with E-state index in [0.717, 1.165) is 22.7 Å². The topological polar surface area (TPSA) is 6.48 Å². The predicted molar refractivity (Wildman–Crippen MR) is 267 cm³/mol. The predicted octanol–water partition coefficient (Wildman–Crippen LogP) is 16.4. The Bertz CT molecular complexity index is 3470. The molecule has 0 saturated carbocycles. The molecule has 0 N–H and O–H groups in total. The van der Waals surface area contributed by atoms with Gasteiger partial charge in [0, 0.05) is 39.0 Å². The van der Waals surface area contributed by atoms with Gasteiger partial charge in [0.15, 0.2) is 0 Å². The molecule has 2 heteroatoms. The number of hydrogen-bond acceptors (Lipinski definition) is 2. The van der Waals surface area contributed by atoms with Crippen LogP contribution in [0.5, 0.6) is 0 Å². The highest BCUT2D eigenvalue weighted by molar-refractivity contribution is 6.06. The van der Waals surface area contributed by atoms with E-state index in [9.17, 15) is 0 Å². The molecule has 10 aromatic carbocycles. The van der Waals surface area contributed by atoms with E-state index in [-0.39, 0.29) is 5.41 Å². The van der Waals surface area contributed by atoms with Crippen LogP contribution in [0.4, 0.5) is 34.1 Å². The van der Waals surface area contributed by atoms with Crippen molar-refractivity contribution in [1.29, 1.82) is 0 Å². The van der Waals surface area contributed by atoms with Gasteiger partial charge in [0.1, 0.15) is 0 Å². The first-order chi connectivity index (χ1) is 31.5. The first-order valence-electron chi connectivity index (χ1n) is 22.4. The molecule has 1 unspecified atom stereocenters. The maximum absolute atomic E-state index is 2.53. The zero-order chi connectivity index (χ0) is 42.6. The van der Waals surface area contributed by atoms with Crippen LogP contribution in [0.2, 0.25) is 0 Å². The molecule has 2 nitrogen and oxygen atoms in total. The minimum Gasteiger partial charge on any atom is -0.310 e. The van der Waals surface area contributed by atoms with E-state index < -0.39 is 5.41 Å². The number of rotatable bonds is 6. The molecule has 0 radical (unpaired) electrons. The van der Waals surface area contributed by atoms with E-state index in [2.05, 4.69) is 254 Å². The van der Waals surface area contributed by atoms with Crippen molar-refractivity contribution in [2.75, 3.05) is 9.80 Å². The third-order valence-corrected chi connectivity index (χ3v) is 14.4. The second kappa shape index (κ2) is 13.8. The molecule has 0 aromatic heterocycles. The minimum absolute atomic E-state index is 0.146. The Labute approximate surface area is 375 Å². The normalized spacial score (nSPS) is 15.8. The lowest BCUT2D eigenvalue weighted by Gasteiger charge is -2.45. The molecule has 10 aromatic rings. The number of nitrogens with zero attached hydrogens (tertiary/aromatic N) is 2. The van der Waals surface area contributed by atoms with Gasteiger partial charge >= 0.3 is 0 Å². The summed E-state index contributed by atoms with van der Waals surface area (Å²) < 4.78 is 0. The molecule has 1 aliphatic heterocycles. The number of para-hydroxylation sites is 2. The molecule has 0 bridgehead atoms. The van der Waals surface area contributed by atoms with Crippen molar-refractivity contribution in [1.82, 2.24) is 0 Å². The number of fused-ring (bicyclic) bond motifs is 9. The van der Waals surface area contributed by atoms with Gasteiger partial charge in [0.05, 0.1) is 22.5 Å². The molecule has 64 heavy (non-hydrogen) atoms. The second-order valence-corrected chi connectivity index (χ2v) is 18.0. The summed E-state index contributed by atoms with van der Waals surface area (Å²) in [6.07, 6.45) is 0. The number of anilines is 6. The molecular formula is C62H44N2. The molecule has 0 saturated heterocycles. The number of benzene rings is 10. The van der Waals surface area contributed by atoms with Gasteiger partial charge in [-0.1, -0.05) is 196 Å². The number of hydrogen-bond donors (Lipinski definition) is 0. The van der Waals surface area contributed by atoms with E-state index in [1.807, 2.05) is 0 Å². The highest BCUT2D eigenvalue weighted by Gasteiger charge is 2.53. The first kappa shape index (κ1) is 36.7. The largest absolute Gasteiger partial charge is 0.310 e. The van der Waals surface area contributed by atoms with Crippen LogP contribution >= 0.6 is 0 Å². The average Bonchev–Trinajstić information content (AvgIpc) is 3.78. The van der Waals surface area contributed by atoms with Crippen molar-refractivity contribution < 1.29 is 0 Å². The Kier molecular flexibility index (Phi) is 7.90. The molecule has 302 valence electrons. The summed E-state index contributed by atoms with van der Waals surface area (Å²) in [5, 5.41) is 2.43. The van der Waals surface area contributed by atoms with Crippen molar-refractivity contribution in [2.24, 2.45) is 0 Å². The highest BCUT2D eigenvalue weighted by atomic mass is 15.2. The summed E-state index contributed by atoms with van der Waals surface area (Å²) in [5.74, 6) is 0. The van der Waals surface area contributed by atoms with Crippen LogP contribution in [0.15, 0.2) is 231 Å². The molecule has 1 heterocycles. The smallest absolute Gasteiger partial charge is 0.0755 e. The fraction of sp³-hybridized carbons (Fsp3) is 0.0645. The SMILES string of the molecule is CC1(C)c2ccccc2-c2ccc(N(c3ccc4c(c3)C3(c5ccccc5)c5ccccc5N(c5ccccc5)c5c(-c6ccccc6)ccc-4c53)c3cccc4ccccc34)cc21. The van der Waals surface area contributed by atoms with Gasteiger partial charge in [-0.2, -0.15) is 0 Å². The van der Waals surface area contributed by atoms with Crippen LogP contribution in [-0.2, 0) is 10.8 Å². The van der Waals surface area contributed by atoms with Gasteiger partial charge in [-0.3, -0.25) is 0 Å². The van der Waals surface area contributed by atoms with Crippen molar-refractivity contribution >= 4 is 44.9 Å². The lowest BCUT2D eigenvalue weighted by atomic mass is 9.64. The lowest BCUT2D eigenvalue weighted by Crippen LogP contribution is -2.36. The first-order valence-corrected chi connectivity index (χ1v) is 22.4. The van der Waals surface area contributed by atoms with Gasteiger partial charge < -0.3 is 9.80 Å². The minimum atomic E-state index is -0.629. The van der Waals surface area contributed by atoms with Gasteiger partial charge in [0.25, 0.3) is 0 Å². The fourth-order valence-electron chi connectivity index (χ4n) is 11.7. The monoisotopic (exact) mass is 816 g/mol. The van der Waals surface area contributed by atoms with E-state index in [1.165, 1.54) is 88.9 Å². The van der Waals surface area contributed by atoms with Crippen LogP contribution in [0.25, 0.3) is 44.2 Å². The molecule has 2 aliphatic carbocycles. The molecule has 3 aliphatic rings. The van der Waals surface area contributed by atoms with Crippen LogP contribution in [0, 0.1) is 0 Å². The van der Waals surface area contributed by atoms with E-state index >= 15 is 0 Å². The van der Waals surface area contributed by atoms with E-state index in [0.29, 0.717) is 0 Å². The van der Waals surface area contributed by atoms with Gasteiger partial charge in [-0.15, -0.1) is 0 Å². The van der Waals surface area contributed by atoms with Crippen molar-refractivity contribution in [3.05, 3.63) is 264 Å². The molecule has 13 rings (SSSR count). The van der Waals surface area contributed by atoms with E-state index in [4.69, 9.17) is 0 Å². The maximum Gasteiger partial charge on any atom is 0.0755 e. The Balaban J connectivity index is 1.13. The summed E-state index contributed by atoms with van der Waals surface area (Å²) in [7, 11) is 0. The lowest BCUT2D eigenvalue weighted by molar-refractivity contribution is 0.660. The summed E-state index contributed by atoms with van der Waals surface area (Å²) >= 11 is 0. The summed E-state index contributed by atoms with van der Waals surface area (Å²) in [4.78, 5) is 5.04. The zero-order valence-electron chi connectivity index (χ0n) is 35.8. The molecule has 0 spiro atoms. The third-order valence-electron chi connectivity index (χ3n) is 14.4. The standard InChI is InChI=1S/C62H44N2/c1-61(2)53-29-15-14-28-49(53)50-35-33-45(39-55(50)61)63(57-32-18-22-41-21-12-13-27-47(41)57)46-34-36-51-52-38-37-48(42-19-6-3-7-20-42)60-59(52)62(56(51)40-46,43-23-8-4-9-24-43)54-30-16-17-31-58(54)64(60)44-25-10-5-11-26-44/h3-40H,1-2H3. The van der Waals surface area contributed by atoms with Crippen molar-refractivity contribution in [2.45, 2.75) is 24.7 Å².